The Balaban J connectivity index is 1.73. The number of esters is 1. The summed E-state index contributed by atoms with van der Waals surface area (Å²) in [5, 5.41) is 72.2. The standard InChI is InChI=1S/C55H102O14/c1-3-5-7-9-11-13-15-17-19-20-21-22-23-25-27-29-31-33-35-37-39-64-41-44(67-47(57)38-36-34-32-30-28-26-24-18-16-14-12-10-8-6-4-2)42-65-54-53(63)51(61)49(59)46(69-54)43-66-55-52(62)50(60)48(58)45(40-56)68-55/h12,14,18,24,44-46,48-56,58-63H,3-11,13,15-17,19-23,25-43H2,1-2H3/b14-12-,24-18-. The summed E-state index contributed by atoms with van der Waals surface area (Å²) < 4.78 is 34.3. The second-order valence-electron chi connectivity index (χ2n) is 19.8. The molecular weight excluding hydrogens is 885 g/mol. The van der Waals surface area contributed by atoms with Crippen LogP contribution in [0.1, 0.15) is 219 Å². The second-order valence-corrected chi connectivity index (χ2v) is 19.8. The van der Waals surface area contributed by atoms with Gasteiger partial charge in [0.25, 0.3) is 0 Å². The van der Waals surface area contributed by atoms with Crippen molar-refractivity contribution >= 4 is 5.97 Å². The summed E-state index contributed by atoms with van der Waals surface area (Å²) in [5.41, 5.74) is 0. The highest BCUT2D eigenvalue weighted by molar-refractivity contribution is 5.69. The van der Waals surface area contributed by atoms with Gasteiger partial charge in [-0.2, -0.15) is 0 Å². The van der Waals surface area contributed by atoms with E-state index in [2.05, 4.69) is 38.2 Å². The molecule has 0 radical (unpaired) electrons. The summed E-state index contributed by atoms with van der Waals surface area (Å²) in [4.78, 5) is 13.0. The number of unbranched alkanes of at least 4 members (excludes halogenated alkanes) is 27. The zero-order chi connectivity index (χ0) is 50.2. The highest BCUT2D eigenvalue weighted by atomic mass is 16.7. The minimum atomic E-state index is -1.71. The van der Waals surface area contributed by atoms with Crippen LogP contribution in [-0.2, 0) is 33.2 Å². The van der Waals surface area contributed by atoms with Gasteiger partial charge >= 0.3 is 5.97 Å². The maximum Gasteiger partial charge on any atom is 0.306 e. The number of allylic oxidation sites excluding steroid dienone is 4. The van der Waals surface area contributed by atoms with Gasteiger partial charge in [0.1, 0.15) is 54.9 Å². The number of carbonyl (C=O) groups excluding carboxylic acids is 1. The van der Waals surface area contributed by atoms with Crippen LogP contribution in [0.4, 0.5) is 0 Å². The fourth-order valence-electron chi connectivity index (χ4n) is 8.90. The summed E-state index contributed by atoms with van der Waals surface area (Å²) in [6, 6.07) is 0. The van der Waals surface area contributed by atoms with Crippen LogP contribution in [0.5, 0.6) is 0 Å². The average Bonchev–Trinajstić information content (AvgIpc) is 3.35. The third-order valence-corrected chi connectivity index (χ3v) is 13.5. The fraction of sp³-hybridized carbons (Fsp3) is 0.909. The SMILES string of the molecule is CCCCC/C=C\C/C=C\CCCCCCCC(=O)OC(COCCCCCCCCCCCCCCCCCCCCCC)COC1OC(COC2OC(CO)C(O)C(O)C2O)C(O)C(O)C1O. The number of hydrogen-bond donors (Lipinski definition) is 7. The van der Waals surface area contributed by atoms with Crippen molar-refractivity contribution in [3.8, 4) is 0 Å². The highest BCUT2D eigenvalue weighted by Crippen LogP contribution is 2.27. The van der Waals surface area contributed by atoms with Crippen LogP contribution in [0.2, 0.25) is 0 Å². The first kappa shape index (κ1) is 63.6. The topological polar surface area (TPSA) is 214 Å². The molecule has 0 spiro atoms. The zero-order valence-corrected chi connectivity index (χ0v) is 43.3. The molecule has 2 aliphatic rings. The Hall–Kier alpha value is -1.53. The molecule has 7 N–H and O–H groups in total. The van der Waals surface area contributed by atoms with Crippen LogP contribution in [0, 0.1) is 0 Å². The van der Waals surface area contributed by atoms with Crippen molar-refractivity contribution in [3.63, 3.8) is 0 Å². The van der Waals surface area contributed by atoms with Gasteiger partial charge in [-0.15, -0.1) is 0 Å². The lowest BCUT2D eigenvalue weighted by molar-refractivity contribution is -0.332. The smallest absolute Gasteiger partial charge is 0.306 e. The lowest BCUT2D eigenvalue weighted by Gasteiger charge is -2.42. The molecule has 0 bridgehead atoms. The van der Waals surface area contributed by atoms with Gasteiger partial charge in [-0.1, -0.05) is 192 Å². The molecule has 2 fully saturated rings. The highest BCUT2D eigenvalue weighted by Gasteiger charge is 2.47. The summed E-state index contributed by atoms with van der Waals surface area (Å²) in [5.74, 6) is -0.386. The molecule has 14 heteroatoms. The third-order valence-electron chi connectivity index (χ3n) is 13.5. The molecule has 2 rings (SSSR count). The van der Waals surface area contributed by atoms with Gasteiger partial charge in [0.2, 0.25) is 0 Å². The molecule has 69 heavy (non-hydrogen) atoms. The molecule has 14 nitrogen and oxygen atoms in total. The first-order valence-corrected chi connectivity index (χ1v) is 27.9. The van der Waals surface area contributed by atoms with Gasteiger partial charge in [-0.05, 0) is 44.9 Å². The maximum atomic E-state index is 13.0. The Morgan fingerprint density at radius 2 is 0.899 bits per heavy atom. The molecular formula is C55H102O14. The van der Waals surface area contributed by atoms with Gasteiger partial charge in [-0.25, -0.2) is 0 Å². The Bertz CT molecular complexity index is 1240. The van der Waals surface area contributed by atoms with Crippen molar-refractivity contribution in [3.05, 3.63) is 24.3 Å². The van der Waals surface area contributed by atoms with E-state index < -0.39 is 80.7 Å². The summed E-state index contributed by atoms with van der Waals surface area (Å²) in [6.07, 6.45) is 31.0. The van der Waals surface area contributed by atoms with Crippen molar-refractivity contribution < 1.29 is 69.0 Å². The lowest BCUT2D eigenvalue weighted by atomic mass is 9.98. The first-order valence-electron chi connectivity index (χ1n) is 27.9. The quantitative estimate of drug-likeness (QED) is 0.0172. The van der Waals surface area contributed by atoms with Gasteiger partial charge in [0.05, 0.1) is 26.4 Å². The maximum absolute atomic E-state index is 13.0. The van der Waals surface area contributed by atoms with E-state index in [0.717, 1.165) is 64.2 Å². The van der Waals surface area contributed by atoms with Crippen LogP contribution in [-0.4, -0.2) is 142 Å². The van der Waals surface area contributed by atoms with Crippen LogP contribution >= 0.6 is 0 Å². The lowest BCUT2D eigenvalue weighted by Crippen LogP contribution is -2.61. The zero-order valence-electron chi connectivity index (χ0n) is 43.3. The van der Waals surface area contributed by atoms with Crippen molar-refractivity contribution in [2.45, 2.75) is 287 Å². The van der Waals surface area contributed by atoms with E-state index in [1.807, 2.05) is 0 Å². The molecule has 0 aromatic rings. The van der Waals surface area contributed by atoms with E-state index in [4.69, 9.17) is 28.4 Å². The van der Waals surface area contributed by atoms with Crippen LogP contribution in [0.15, 0.2) is 24.3 Å². The molecule has 0 aliphatic carbocycles. The molecule has 2 aliphatic heterocycles. The van der Waals surface area contributed by atoms with Crippen LogP contribution in [0.25, 0.3) is 0 Å². The molecule has 0 saturated carbocycles. The molecule has 2 saturated heterocycles. The van der Waals surface area contributed by atoms with E-state index in [1.165, 1.54) is 128 Å². The summed E-state index contributed by atoms with van der Waals surface area (Å²) >= 11 is 0. The largest absolute Gasteiger partial charge is 0.457 e. The number of ether oxygens (including phenoxy) is 6. The van der Waals surface area contributed by atoms with Gasteiger partial charge in [-0.3, -0.25) is 4.79 Å². The molecule has 0 amide bonds. The summed E-state index contributed by atoms with van der Waals surface area (Å²) in [6.45, 7) is 3.68. The predicted octanol–water partition coefficient (Wildman–Crippen LogP) is 9.19. The molecule has 406 valence electrons. The molecule has 11 unspecified atom stereocenters. The van der Waals surface area contributed by atoms with Crippen molar-refractivity contribution in [1.82, 2.24) is 0 Å². The van der Waals surface area contributed by atoms with E-state index in [-0.39, 0.29) is 25.6 Å². The van der Waals surface area contributed by atoms with E-state index in [0.29, 0.717) is 13.0 Å². The van der Waals surface area contributed by atoms with E-state index >= 15 is 0 Å². The summed E-state index contributed by atoms with van der Waals surface area (Å²) in [7, 11) is 0. The predicted molar refractivity (Wildman–Crippen MR) is 270 cm³/mol. The van der Waals surface area contributed by atoms with Crippen LogP contribution < -0.4 is 0 Å². The third kappa shape index (κ3) is 30.3. The van der Waals surface area contributed by atoms with Gasteiger partial charge in [0.15, 0.2) is 12.6 Å². The average molecular weight is 987 g/mol. The molecule has 0 aromatic carbocycles. The molecule has 11 atom stereocenters. The number of aliphatic hydroxyl groups excluding tert-OH is 7. The minimum Gasteiger partial charge on any atom is -0.457 e. The first-order chi connectivity index (χ1) is 33.6. The number of aliphatic hydroxyl groups is 7. The van der Waals surface area contributed by atoms with Gasteiger partial charge in [0, 0.05) is 13.0 Å². The Morgan fingerprint density at radius 1 is 0.478 bits per heavy atom. The number of hydrogen-bond acceptors (Lipinski definition) is 14. The number of rotatable bonds is 45. The number of carbonyl (C=O) groups is 1. The van der Waals surface area contributed by atoms with E-state index in [9.17, 15) is 40.5 Å². The molecule has 0 aromatic heterocycles. The van der Waals surface area contributed by atoms with E-state index in [1.54, 1.807) is 0 Å². The van der Waals surface area contributed by atoms with Gasteiger partial charge < -0.3 is 64.2 Å². The minimum absolute atomic E-state index is 0.0602. The molecule has 2 heterocycles. The monoisotopic (exact) mass is 987 g/mol. The fourth-order valence-corrected chi connectivity index (χ4v) is 8.90. The van der Waals surface area contributed by atoms with Crippen molar-refractivity contribution in [2.24, 2.45) is 0 Å². The van der Waals surface area contributed by atoms with Crippen LogP contribution in [0.3, 0.4) is 0 Å². The Labute approximate surface area is 417 Å². The Morgan fingerprint density at radius 3 is 1.42 bits per heavy atom. The van der Waals surface area contributed by atoms with Crippen molar-refractivity contribution in [2.75, 3.05) is 33.0 Å². The Kier molecular flexibility index (Phi) is 39.6. The second kappa shape index (κ2) is 42.9. The normalized spacial score (nSPS) is 25.8. The van der Waals surface area contributed by atoms with Crippen molar-refractivity contribution in [1.29, 1.82) is 0 Å².